The van der Waals surface area contributed by atoms with Crippen LogP contribution in [-0.2, 0) is 10.4 Å². The topological polar surface area (TPSA) is 98.2 Å². The van der Waals surface area contributed by atoms with E-state index in [2.05, 4.69) is 16.5 Å². The highest BCUT2D eigenvalue weighted by Gasteiger charge is 2.45. The van der Waals surface area contributed by atoms with Crippen molar-refractivity contribution in [1.82, 2.24) is 9.88 Å². The Balaban J connectivity index is 1.71. The monoisotopic (exact) mass is 452 g/mol. The number of rotatable bonds is 4. The van der Waals surface area contributed by atoms with Crippen LogP contribution in [0.4, 0.5) is 0 Å². The Morgan fingerprint density at radius 3 is 2.83 bits per heavy atom. The predicted octanol–water partition coefficient (Wildman–Crippen LogP) is 2.84. The Labute approximate surface area is 179 Å². The van der Waals surface area contributed by atoms with E-state index in [9.17, 15) is 13.5 Å². The standard InChI is InChI=1S/C20H21ClN2O6S/c1-3-10-9-23-7-6-11(10)8-13(23)17(24)16-15-12-4-5-14(27-2)18(15)28-30(25,26)29-19(16)20(21)22-12/h3-5,10-11,13,17,24H,1,6-9H2,2H3/t10-,11?,13-,17-/m0/s1. The number of pyridine rings is 1. The molecule has 1 aromatic heterocycles. The molecule has 2 unspecified atom stereocenters. The van der Waals surface area contributed by atoms with Crippen LogP contribution in [0, 0.1) is 11.8 Å². The van der Waals surface area contributed by atoms with E-state index in [0.717, 1.165) is 25.9 Å². The molecule has 0 spiro atoms. The Hall–Kier alpha value is -2.07. The lowest BCUT2D eigenvalue weighted by Gasteiger charge is -2.50. The average Bonchev–Trinajstić information content (AvgIpc) is 2.85. The summed E-state index contributed by atoms with van der Waals surface area (Å²) in [5.41, 5.74) is 0.641. The van der Waals surface area contributed by atoms with Crippen LogP contribution < -0.4 is 13.1 Å². The summed E-state index contributed by atoms with van der Waals surface area (Å²) in [6, 6.07) is 2.97. The highest BCUT2D eigenvalue weighted by Crippen LogP contribution is 2.51. The van der Waals surface area contributed by atoms with Crippen molar-refractivity contribution in [3.63, 3.8) is 0 Å². The first kappa shape index (κ1) is 19.9. The third-order valence-corrected chi connectivity index (χ3v) is 7.42. The van der Waals surface area contributed by atoms with Gasteiger partial charge in [0, 0.05) is 18.2 Å². The molecule has 8 nitrogen and oxygen atoms in total. The number of halogens is 1. The van der Waals surface area contributed by atoms with Crippen LogP contribution in [-0.4, -0.2) is 49.6 Å². The first-order valence-electron chi connectivity index (χ1n) is 9.71. The molecule has 2 aromatic rings. The molecule has 4 bridgehead atoms. The molecule has 3 saturated heterocycles. The number of aliphatic hydroxyl groups excluding tert-OH is 1. The van der Waals surface area contributed by atoms with Crippen LogP contribution in [0.15, 0.2) is 24.8 Å². The van der Waals surface area contributed by atoms with Crippen molar-refractivity contribution in [3.05, 3.63) is 35.5 Å². The number of nitrogens with zero attached hydrogens (tertiary/aromatic N) is 2. The highest BCUT2D eigenvalue weighted by atomic mass is 35.5. The summed E-state index contributed by atoms with van der Waals surface area (Å²) in [5, 5.41) is 11.7. The number of aliphatic hydroxyl groups is 1. The summed E-state index contributed by atoms with van der Waals surface area (Å²) < 4.78 is 40.5. The Kier molecular flexibility index (Phi) is 4.62. The molecular weight excluding hydrogens is 432 g/mol. The lowest BCUT2D eigenvalue weighted by molar-refractivity contribution is -0.0448. The third kappa shape index (κ3) is 2.95. The van der Waals surface area contributed by atoms with E-state index in [1.54, 1.807) is 12.1 Å². The maximum absolute atomic E-state index is 12.4. The lowest BCUT2D eigenvalue weighted by atomic mass is 9.73. The molecule has 30 heavy (non-hydrogen) atoms. The second-order valence-electron chi connectivity index (χ2n) is 7.90. The molecule has 0 saturated carbocycles. The second-order valence-corrected chi connectivity index (χ2v) is 9.41. The molecule has 4 aliphatic rings. The molecule has 1 aromatic carbocycles. The maximum atomic E-state index is 12.4. The minimum atomic E-state index is -4.49. The van der Waals surface area contributed by atoms with Crippen molar-refractivity contribution in [1.29, 1.82) is 0 Å². The second kappa shape index (κ2) is 6.98. The first-order chi connectivity index (χ1) is 14.3. The summed E-state index contributed by atoms with van der Waals surface area (Å²) in [7, 11) is -3.08. The van der Waals surface area contributed by atoms with E-state index < -0.39 is 16.5 Å². The van der Waals surface area contributed by atoms with Crippen molar-refractivity contribution in [2.24, 2.45) is 11.8 Å². The smallest absolute Gasteiger partial charge is 0.493 e. The van der Waals surface area contributed by atoms with Gasteiger partial charge in [0.05, 0.1) is 24.1 Å². The van der Waals surface area contributed by atoms with Crippen LogP contribution in [0.3, 0.4) is 0 Å². The van der Waals surface area contributed by atoms with Crippen molar-refractivity contribution >= 4 is 32.9 Å². The summed E-state index contributed by atoms with van der Waals surface area (Å²) in [4.78, 5) is 6.47. The van der Waals surface area contributed by atoms with Gasteiger partial charge in [-0.1, -0.05) is 17.7 Å². The van der Waals surface area contributed by atoms with E-state index >= 15 is 0 Å². The zero-order valence-corrected chi connectivity index (χ0v) is 17.8. The third-order valence-electron chi connectivity index (χ3n) is 6.42. The Morgan fingerprint density at radius 2 is 2.17 bits per heavy atom. The fourth-order valence-electron chi connectivity index (χ4n) is 5.01. The number of fused-ring (bicyclic) bond motifs is 4. The SMILES string of the molecule is C=C[C@H]1CN2CCC1C[C@H]2[C@H](O)c1c2c(Cl)nc3ccc(OC)c(c13)OS(=O)(=O)O2. The molecule has 5 atom stereocenters. The number of hydrogen-bond donors (Lipinski definition) is 1. The van der Waals surface area contributed by atoms with Gasteiger partial charge in [-0.15, -0.1) is 15.0 Å². The molecule has 5 heterocycles. The largest absolute Gasteiger partial charge is 0.501 e. The number of ether oxygens (including phenoxy) is 1. The molecule has 160 valence electrons. The first-order valence-corrected chi connectivity index (χ1v) is 11.4. The Morgan fingerprint density at radius 1 is 1.40 bits per heavy atom. The van der Waals surface area contributed by atoms with Gasteiger partial charge < -0.3 is 18.2 Å². The van der Waals surface area contributed by atoms with Gasteiger partial charge >= 0.3 is 10.4 Å². The van der Waals surface area contributed by atoms with Gasteiger partial charge in [0.2, 0.25) is 0 Å². The van der Waals surface area contributed by atoms with Crippen LogP contribution in [0.25, 0.3) is 10.9 Å². The molecule has 0 aliphatic carbocycles. The molecule has 3 fully saturated rings. The van der Waals surface area contributed by atoms with Crippen LogP contribution in [0.1, 0.15) is 24.5 Å². The molecule has 6 rings (SSSR count). The maximum Gasteiger partial charge on any atom is 0.501 e. The number of aromatic nitrogens is 1. The number of piperidine rings is 3. The summed E-state index contributed by atoms with van der Waals surface area (Å²) in [6.45, 7) is 5.59. The van der Waals surface area contributed by atoms with Crippen molar-refractivity contribution in [2.45, 2.75) is 25.0 Å². The van der Waals surface area contributed by atoms with Crippen LogP contribution >= 0.6 is 11.6 Å². The van der Waals surface area contributed by atoms with Crippen LogP contribution in [0.2, 0.25) is 5.15 Å². The molecule has 4 aliphatic heterocycles. The fraction of sp³-hybridized carbons (Fsp3) is 0.450. The van der Waals surface area contributed by atoms with E-state index in [1.165, 1.54) is 7.11 Å². The van der Waals surface area contributed by atoms with Gasteiger partial charge in [-0.25, -0.2) is 4.98 Å². The number of methoxy groups -OCH3 is 1. The summed E-state index contributed by atoms with van der Waals surface area (Å²) in [6.07, 6.45) is 2.72. The fourth-order valence-corrected chi connectivity index (χ4v) is 6.07. The minimum absolute atomic E-state index is 0.0631. The van der Waals surface area contributed by atoms with Gasteiger partial charge in [0.25, 0.3) is 0 Å². The molecule has 1 N–H and O–H groups in total. The van der Waals surface area contributed by atoms with Gasteiger partial charge in [0.1, 0.15) is 0 Å². The quantitative estimate of drug-likeness (QED) is 0.558. The highest BCUT2D eigenvalue weighted by molar-refractivity contribution is 7.82. The number of hydrogen-bond acceptors (Lipinski definition) is 8. The van der Waals surface area contributed by atoms with E-state index in [4.69, 9.17) is 24.7 Å². The van der Waals surface area contributed by atoms with Gasteiger partial charge in [-0.2, -0.15) is 0 Å². The lowest BCUT2D eigenvalue weighted by Crippen LogP contribution is -2.54. The van der Waals surface area contributed by atoms with E-state index in [0.29, 0.717) is 22.7 Å². The van der Waals surface area contributed by atoms with E-state index in [-0.39, 0.29) is 34.0 Å². The van der Waals surface area contributed by atoms with Gasteiger partial charge in [-0.3, -0.25) is 4.90 Å². The molecular formula is C20H21ClN2O6S. The average molecular weight is 453 g/mol. The minimum Gasteiger partial charge on any atom is -0.493 e. The van der Waals surface area contributed by atoms with E-state index in [1.807, 2.05) is 6.08 Å². The zero-order valence-electron chi connectivity index (χ0n) is 16.2. The number of benzene rings is 1. The van der Waals surface area contributed by atoms with Crippen molar-refractivity contribution in [3.8, 4) is 17.2 Å². The zero-order chi connectivity index (χ0) is 21.2. The van der Waals surface area contributed by atoms with Gasteiger partial charge in [-0.05, 0) is 43.4 Å². The Bertz CT molecular complexity index is 1150. The summed E-state index contributed by atoms with van der Waals surface area (Å²) in [5.74, 6) is 0.723. The normalized spacial score (nSPS) is 29.7. The van der Waals surface area contributed by atoms with Crippen LogP contribution in [0.5, 0.6) is 17.2 Å². The van der Waals surface area contributed by atoms with Crippen molar-refractivity contribution in [2.75, 3.05) is 20.2 Å². The molecule has 0 radical (unpaired) electrons. The van der Waals surface area contributed by atoms with Crippen molar-refractivity contribution < 1.29 is 26.6 Å². The molecule has 10 heteroatoms. The summed E-state index contributed by atoms with van der Waals surface area (Å²) >= 11 is 6.29. The predicted molar refractivity (Wildman–Crippen MR) is 110 cm³/mol. The van der Waals surface area contributed by atoms with Gasteiger partial charge in [0.15, 0.2) is 22.4 Å². The molecule has 0 amide bonds.